The first-order valence-electron chi connectivity index (χ1n) is 6.45. The van der Waals surface area contributed by atoms with Gasteiger partial charge < -0.3 is 0 Å². The van der Waals surface area contributed by atoms with Crippen molar-refractivity contribution < 1.29 is 0 Å². The lowest BCUT2D eigenvalue weighted by Crippen LogP contribution is -2.04. The summed E-state index contributed by atoms with van der Waals surface area (Å²) in [5.74, 6) is 0. The van der Waals surface area contributed by atoms with E-state index in [-0.39, 0.29) is 5.38 Å². The third-order valence-electron chi connectivity index (χ3n) is 3.35. The van der Waals surface area contributed by atoms with Gasteiger partial charge >= 0.3 is 0 Å². The Balaban J connectivity index is 2.29. The molecule has 2 rings (SSSR count). The third-order valence-corrected chi connectivity index (χ3v) is 4.13. The van der Waals surface area contributed by atoms with Gasteiger partial charge in [0.2, 0.25) is 0 Å². The van der Waals surface area contributed by atoms with Crippen molar-refractivity contribution >= 4 is 23.2 Å². The Morgan fingerprint density at radius 1 is 1.21 bits per heavy atom. The average molecular weight is 297 g/mol. The number of nitrogens with zero attached hydrogens (tertiary/aromatic N) is 2. The molecule has 19 heavy (non-hydrogen) atoms. The molecule has 0 fully saturated rings. The Morgan fingerprint density at radius 3 is 2.42 bits per heavy atom. The highest BCUT2D eigenvalue weighted by Gasteiger charge is 2.17. The molecule has 0 aliphatic heterocycles. The number of halogens is 2. The van der Waals surface area contributed by atoms with E-state index in [1.165, 1.54) is 5.56 Å². The van der Waals surface area contributed by atoms with Crippen LogP contribution in [0, 0.1) is 13.8 Å². The van der Waals surface area contributed by atoms with Gasteiger partial charge in [-0.15, -0.1) is 11.6 Å². The molecule has 0 radical (unpaired) electrons. The van der Waals surface area contributed by atoms with Crippen LogP contribution in [0.4, 0.5) is 0 Å². The largest absolute Gasteiger partial charge is 0.265 e. The summed E-state index contributed by atoms with van der Waals surface area (Å²) in [6.45, 7) is 6.94. The normalized spacial score (nSPS) is 12.7. The van der Waals surface area contributed by atoms with Gasteiger partial charge in [0.25, 0.3) is 0 Å². The molecular weight excluding hydrogens is 279 g/mol. The van der Waals surface area contributed by atoms with E-state index in [9.17, 15) is 0 Å². The molecule has 2 nitrogen and oxygen atoms in total. The van der Waals surface area contributed by atoms with E-state index in [1.807, 2.05) is 35.9 Å². The third kappa shape index (κ3) is 3.13. The number of benzene rings is 1. The van der Waals surface area contributed by atoms with E-state index >= 15 is 0 Å². The van der Waals surface area contributed by atoms with Crippen LogP contribution in [0.25, 0.3) is 0 Å². The lowest BCUT2D eigenvalue weighted by atomic mass is 10.1. The zero-order chi connectivity index (χ0) is 14.0. The molecule has 1 aromatic carbocycles. The summed E-state index contributed by atoms with van der Waals surface area (Å²) in [6, 6.07) is 7.85. The van der Waals surface area contributed by atoms with Crippen LogP contribution >= 0.6 is 23.2 Å². The van der Waals surface area contributed by atoms with Crippen LogP contribution in [0.1, 0.15) is 41.2 Å². The highest BCUT2D eigenvalue weighted by atomic mass is 35.5. The first-order valence-corrected chi connectivity index (χ1v) is 7.26. The van der Waals surface area contributed by atoms with Gasteiger partial charge in [0.05, 0.1) is 17.6 Å². The zero-order valence-electron chi connectivity index (χ0n) is 11.5. The van der Waals surface area contributed by atoms with Gasteiger partial charge in [-0.3, -0.25) is 4.68 Å². The molecule has 1 atom stereocenters. The quantitative estimate of drug-likeness (QED) is 0.735. The molecule has 1 heterocycles. The fraction of sp³-hybridized carbons (Fsp3) is 0.400. The van der Waals surface area contributed by atoms with E-state index < -0.39 is 0 Å². The molecule has 2 aromatic rings. The van der Waals surface area contributed by atoms with Crippen LogP contribution in [0.15, 0.2) is 24.3 Å². The van der Waals surface area contributed by atoms with E-state index in [4.69, 9.17) is 23.2 Å². The van der Waals surface area contributed by atoms with Crippen LogP contribution in [0.2, 0.25) is 5.02 Å². The van der Waals surface area contributed by atoms with Crippen molar-refractivity contribution in [3.05, 3.63) is 51.8 Å². The molecule has 102 valence electrons. The molecule has 1 unspecified atom stereocenters. The summed E-state index contributed by atoms with van der Waals surface area (Å²) >= 11 is 12.3. The number of hydrogen-bond donors (Lipinski definition) is 0. The van der Waals surface area contributed by atoms with Gasteiger partial charge in [0.15, 0.2) is 0 Å². The molecule has 0 amide bonds. The maximum Gasteiger partial charge on any atom is 0.0662 e. The molecule has 0 spiro atoms. The van der Waals surface area contributed by atoms with Crippen molar-refractivity contribution in [2.24, 2.45) is 0 Å². The lowest BCUT2D eigenvalue weighted by molar-refractivity contribution is 0.657. The number of aromatic nitrogens is 2. The van der Waals surface area contributed by atoms with Crippen molar-refractivity contribution in [1.82, 2.24) is 9.78 Å². The van der Waals surface area contributed by atoms with E-state index in [1.54, 1.807) is 0 Å². The van der Waals surface area contributed by atoms with Gasteiger partial charge in [-0.05, 0) is 38.0 Å². The van der Waals surface area contributed by atoms with Crippen LogP contribution < -0.4 is 0 Å². The summed E-state index contributed by atoms with van der Waals surface area (Å²) in [7, 11) is 0. The van der Waals surface area contributed by atoms with E-state index in [0.717, 1.165) is 34.9 Å². The number of aryl methyl sites for hydroxylation is 1. The summed E-state index contributed by atoms with van der Waals surface area (Å²) in [6.07, 6.45) is 0.913. The van der Waals surface area contributed by atoms with Gasteiger partial charge in [-0.2, -0.15) is 5.10 Å². The minimum atomic E-state index is 0.0407. The van der Waals surface area contributed by atoms with Crippen LogP contribution in [-0.2, 0) is 6.54 Å². The van der Waals surface area contributed by atoms with Gasteiger partial charge in [0, 0.05) is 16.3 Å². The van der Waals surface area contributed by atoms with Crippen molar-refractivity contribution in [3.63, 3.8) is 0 Å². The molecule has 0 aliphatic rings. The first kappa shape index (κ1) is 14.4. The van der Waals surface area contributed by atoms with Crippen LogP contribution in [0.3, 0.4) is 0 Å². The second kappa shape index (κ2) is 5.98. The van der Waals surface area contributed by atoms with Crippen molar-refractivity contribution in [2.75, 3.05) is 0 Å². The molecule has 1 aromatic heterocycles. The maximum atomic E-state index is 6.37. The highest BCUT2D eigenvalue weighted by Crippen LogP contribution is 2.29. The Morgan fingerprint density at radius 2 is 1.84 bits per heavy atom. The first-order chi connectivity index (χ1) is 9.02. The van der Waals surface area contributed by atoms with Gasteiger partial charge in [-0.1, -0.05) is 30.7 Å². The van der Waals surface area contributed by atoms with Gasteiger partial charge in [0.1, 0.15) is 0 Å². The summed E-state index contributed by atoms with van der Waals surface area (Å²) in [4.78, 5) is 0. The Bertz CT molecular complexity index is 558. The Kier molecular flexibility index (Phi) is 4.54. The maximum absolute atomic E-state index is 6.37. The van der Waals surface area contributed by atoms with E-state index in [2.05, 4.69) is 18.9 Å². The predicted molar refractivity (Wildman–Crippen MR) is 81.1 cm³/mol. The molecule has 0 bridgehead atoms. The zero-order valence-corrected chi connectivity index (χ0v) is 13.0. The molecule has 0 saturated heterocycles. The molecule has 0 saturated carbocycles. The molecule has 4 heteroatoms. The SMILES string of the molecule is CCC(Cl)c1c(C)nn(Cc2ccc(Cl)cc2)c1C. The second-order valence-corrected chi connectivity index (χ2v) is 5.71. The number of alkyl halides is 1. The minimum Gasteiger partial charge on any atom is -0.265 e. The van der Waals surface area contributed by atoms with Crippen molar-refractivity contribution in [1.29, 1.82) is 0 Å². The minimum absolute atomic E-state index is 0.0407. The molecular formula is C15H18Cl2N2. The second-order valence-electron chi connectivity index (χ2n) is 4.74. The average Bonchev–Trinajstić information content (AvgIpc) is 2.66. The summed E-state index contributed by atoms with van der Waals surface area (Å²) in [5.41, 5.74) is 4.52. The topological polar surface area (TPSA) is 17.8 Å². The monoisotopic (exact) mass is 296 g/mol. The fourth-order valence-electron chi connectivity index (χ4n) is 2.28. The highest BCUT2D eigenvalue weighted by molar-refractivity contribution is 6.30. The summed E-state index contributed by atoms with van der Waals surface area (Å²) < 4.78 is 2.01. The Hall–Kier alpha value is -0.990. The van der Waals surface area contributed by atoms with Crippen LogP contribution in [0.5, 0.6) is 0 Å². The van der Waals surface area contributed by atoms with Crippen molar-refractivity contribution in [2.45, 2.75) is 39.1 Å². The van der Waals surface area contributed by atoms with Crippen LogP contribution in [-0.4, -0.2) is 9.78 Å². The molecule has 0 aliphatic carbocycles. The van der Waals surface area contributed by atoms with Crippen molar-refractivity contribution in [3.8, 4) is 0 Å². The fourth-order valence-corrected chi connectivity index (χ4v) is 2.73. The standard InChI is InChI=1S/C15H18Cl2N2/c1-4-14(17)15-10(2)18-19(11(15)3)9-12-5-7-13(16)8-6-12/h5-8,14H,4,9H2,1-3H3. The smallest absolute Gasteiger partial charge is 0.0662 e. The lowest BCUT2D eigenvalue weighted by Gasteiger charge is -2.08. The molecule has 0 N–H and O–H groups in total. The summed E-state index contributed by atoms with van der Waals surface area (Å²) in [5, 5.41) is 5.39. The van der Waals surface area contributed by atoms with E-state index in [0.29, 0.717) is 0 Å². The predicted octanol–water partition coefficient (Wildman–Crippen LogP) is 4.89. The van der Waals surface area contributed by atoms with Gasteiger partial charge in [-0.25, -0.2) is 0 Å². The Labute approximate surface area is 124 Å². The number of hydrogen-bond acceptors (Lipinski definition) is 1. The number of rotatable bonds is 4.